The summed E-state index contributed by atoms with van der Waals surface area (Å²) in [4.78, 5) is 12.4. The predicted molar refractivity (Wildman–Crippen MR) is 100 cm³/mol. The number of rotatable bonds is 6. The number of nitrogens with one attached hydrogen (secondary N) is 1. The number of aryl methyl sites for hydroxylation is 1. The highest BCUT2D eigenvalue weighted by atomic mass is 16.5. The molecular formula is C21H21NO4. The molecule has 0 fully saturated rings. The average Bonchev–Trinajstić information content (AvgIpc) is 3.12. The molecule has 0 spiro atoms. The van der Waals surface area contributed by atoms with Crippen molar-refractivity contribution in [1.82, 2.24) is 0 Å². The van der Waals surface area contributed by atoms with Gasteiger partial charge in [0.15, 0.2) is 17.3 Å². The van der Waals surface area contributed by atoms with Gasteiger partial charge in [-0.25, -0.2) is 0 Å². The average molecular weight is 351 g/mol. The lowest BCUT2D eigenvalue weighted by molar-refractivity contribution is 0.0995. The number of furan rings is 1. The Kier molecular flexibility index (Phi) is 5.27. The molecule has 26 heavy (non-hydrogen) atoms. The second-order valence-corrected chi connectivity index (χ2v) is 5.95. The van der Waals surface area contributed by atoms with Crippen LogP contribution in [0.25, 0.3) is 0 Å². The Balaban J connectivity index is 1.69. The first kappa shape index (κ1) is 17.6. The molecule has 134 valence electrons. The van der Waals surface area contributed by atoms with Gasteiger partial charge in [0.2, 0.25) is 0 Å². The summed E-state index contributed by atoms with van der Waals surface area (Å²) in [5.74, 6) is 1.84. The largest absolute Gasteiger partial charge is 0.493 e. The van der Waals surface area contributed by atoms with Gasteiger partial charge >= 0.3 is 0 Å². The van der Waals surface area contributed by atoms with Crippen molar-refractivity contribution in [3.05, 3.63) is 77.2 Å². The van der Waals surface area contributed by atoms with E-state index < -0.39 is 0 Å². The molecule has 3 aromatic rings. The molecule has 0 radical (unpaired) electrons. The van der Waals surface area contributed by atoms with E-state index in [0.29, 0.717) is 23.6 Å². The summed E-state index contributed by atoms with van der Waals surface area (Å²) in [6.07, 6.45) is 0.643. The fourth-order valence-electron chi connectivity index (χ4n) is 2.61. The Hall–Kier alpha value is -3.21. The van der Waals surface area contributed by atoms with Crippen molar-refractivity contribution < 1.29 is 18.7 Å². The van der Waals surface area contributed by atoms with Crippen LogP contribution in [0, 0.1) is 6.92 Å². The van der Waals surface area contributed by atoms with Crippen molar-refractivity contribution in [2.75, 3.05) is 19.5 Å². The van der Waals surface area contributed by atoms with Crippen LogP contribution in [0.4, 0.5) is 5.69 Å². The molecule has 0 unspecified atom stereocenters. The highest BCUT2D eigenvalue weighted by Crippen LogP contribution is 2.30. The quantitative estimate of drug-likeness (QED) is 0.713. The van der Waals surface area contributed by atoms with E-state index in [4.69, 9.17) is 13.9 Å². The maximum atomic E-state index is 12.4. The van der Waals surface area contributed by atoms with Crippen LogP contribution in [0.2, 0.25) is 0 Å². The Bertz CT molecular complexity index is 897. The molecule has 0 atom stereocenters. The molecule has 0 aliphatic carbocycles. The van der Waals surface area contributed by atoms with Crippen LogP contribution < -0.4 is 14.8 Å². The first-order valence-corrected chi connectivity index (χ1v) is 8.26. The molecule has 0 bridgehead atoms. The predicted octanol–water partition coefficient (Wildman–Crippen LogP) is 4.45. The zero-order chi connectivity index (χ0) is 18.5. The maximum absolute atomic E-state index is 12.4. The van der Waals surface area contributed by atoms with Crippen molar-refractivity contribution in [2.45, 2.75) is 13.3 Å². The molecule has 3 rings (SSSR count). The van der Waals surface area contributed by atoms with Crippen LogP contribution >= 0.6 is 0 Å². The molecule has 2 aromatic carbocycles. The number of carbonyl (C=O) groups is 1. The lowest BCUT2D eigenvalue weighted by Gasteiger charge is -2.10. The first-order valence-electron chi connectivity index (χ1n) is 8.26. The smallest absolute Gasteiger partial charge is 0.291 e. The van der Waals surface area contributed by atoms with Crippen LogP contribution in [-0.2, 0) is 6.42 Å². The number of benzene rings is 2. The third-order valence-electron chi connectivity index (χ3n) is 4.03. The minimum absolute atomic E-state index is 0.266. The minimum Gasteiger partial charge on any atom is -0.493 e. The van der Waals surface area contributed by atoms with Gasteiger partial charge < -0.3 is 19.2 Å². The Morgan fingerprint density at radius 2 is 1.69 bits per heavy atom. The van der Waals surface area contributed by atoms with Gasteiger partial charge in [0.05, 0.1) is 14.2 Å². The van der Waals surface area contributed by atoms with Gasteiger partial charge in [0.1, 0.15) is 5.76 Å². The second-order valence-electron chi connectivity index (χ2n) is 5.95. The molecular weight excluding hydrogens is 330 g/mol. The van der Waals surface area contributed by atoms with Crippen LogP contribution in [0.5, 0.6) is 11.5 Å². The molecule has 1 N–H and O–H groups in total. The molecule has 0 saturated heterocycles. The van der Waals surface area contributed by atoms with Crippen molar-refractivity contribution in [3.63, 3.8) is 0 Å². The molecule has 5 nitrogen and oxygen atoms in total. The topological polar surface area (TPSA) is 60.7 Å². The molecule has 0 aliphatic heterocycles. The molecule has 1 heterocycles. The van der Waals surface area contributed by atoms with Crippen molar-refractivity contribution >= 4 is 11.6 Å². The third kappa shape index (κ3) is 4.06. The maximum Gasteiger partial charge on any atom is 0.291 e. The van der Waals surface area contributed by atoms with Gasteiger partial charge in [-0.2, -0.15) is 0 Å². The zero-order valence-corrected chi connectivity index (χ0v) is 15.0. The molecule has 1 amide bonds. The Morgan fingerprint density at radius 3 is 2.38 bits per heavy atom. The van der Waals surface area contributed by atoms with Gasteiger partial charge in [-0.05, 0) is 36.8 Å². The molecule has 5 heteroatoms. The monoisotopic (exact) mass is 351 g/mol. The third-order valence-corrected chi connectivity index (χ3v) is 4.03. The Morgan fingerprint density at radius 1 is 0.962 bits per heavy atom. The fraction of sp³-hybridized carbons (Fsp3) is 0.190. The van der Waals surface area contributed by atoms with E-state index in [2.05, 4.69) is 29.6 Å². The summed E-state index contributed by atoms with van der Waals surface area (Å²) < 4.78 is 16.1. The molecule has 1 aromatic heterocycles. The highest BCUT2D eigenvalue weighted by molar-refractivity contribution is 6.02. The minimum atomic E-state index is -0.313. The summed E-state index contributed by atoms with van der Waals surface area (Å²) in [6, 6.07) is 16.9. The number of ether oxygens (including phenoxy) is 2. The van der Waals surface area contributed by atoms with Crippen molar-refractivity contribution in [1.29, 1.82) is 0 Å². The lowest BCUT2D eigenvalue weighted by atomic mass is 10.1. The number of methoxy groups -OCH3 is 2. The second kappa shape index (κ2) is 7.78. The normalized spacial score (nSPS) is 10.4. The SMILES string of the molecule is COc1ccc(NC(=O)c2ccc(Cc3ccc(C)cc3)o2)cc1OC. The van der Waals surface area contributed by atoms with Gasteiger partial charge in [-0.1, -0.05) is 29.8 Å². The van der Waals surface area contributed by atoms with Crippen LogP contribution in [0.15, 0.2) is 59.0 Å². The number of amides is 1. The lowest BCUT2D eigenvalue weighted by Crippen LogP contribution is -2.11. The summed E-state index contributed by atoms with van der Waals surface area (Å²) >= 11 is 0. The van der Waals surface area contributed by atoms with E-state index in [0.717, 1.165) is 11.3 Å². The van der Waals surface area contributed by atoms with E-state index in [-0.39, 0.29) is 11.7 Å². The van der Waals surface area contributed by atoms with Gasteiger partial charge in [0.25, 0.3) is 5.91 Å². The number of hydrogen-bond donors (Lipinski definition) is 1. The van der Waals surface area contributed by atoms with Crippen LogP contribution in [-0.4, -0.2) is 20.1 Å². The number of anilines is 1. The summed E-state index contributed by atoms with van der Waals surface area (Å²) in [5.41, 5.74) is 2.95. The van der Waals surface area contributed by atoms with Crippen LogP contribution in [0.1, 0.15) is 27.4 Å². The Labute approximate surface area is 152 Å². The van der Waals surface area contributed by atoms with Gasteiger partial charge in [-0.3, -0.25) is 4.79 Å². The first-order chi connectivity index (χ1) is 12.6. The molecule has 0 aliphatic rings. The highest BCUT2D eigenvalue weighted by Gasteiger charge is 2.13. The summed E-state index contributed by atoms with van der Waals surface area (Å²) in [5, 5.41) is 2.80. The van der Waals surface area contributed by atoms with E-state index in [1.807, 2.05) is 13.0 Å². The number of hydrogen-bond acceptors (Lipinski definition) is 4. The van der Waals surface area contributed by atoms with E-state index in [9.17, 15) is 4.79 Å². The van der Waals surface area contributed by atoms with E-state index in [1.165, 1.54) is 5.56 Å². The van der Waals surface area contributed by atoms with Gasteiger partial charge in [-0.15, -0.1) is 0 Å². The van der Waals surface area contributed by atoms with Crippen molar-refractivity contribution in [3.8, 4) is 11.5 Å². The van der Waals surface area contributed by atoms with Crippen LogP contribution in [0.3, 0.4) is 0 Å². The fourth-order valence-corrected chi connectivity index (χ4v) is 2.61. The zero-order valence-electron chi connectivity index (χ0n) is 15.0. The number of carbonyl (C=O) groups excluding carboxylic acids is 1. The summed E-state index contributed by atoms with van der Waals surface area (Å²) in [7, 11) is 3.11. The van der Waals surface area contributed by atoms with Crippen molar-refractivity contribution in [2.24, 2.45) is 0 Å². The van der Waals surface area contributed by atoms with E-state index >= 15 is 0 Å². The molecule has 0 saturated carbocycles. The van der Waals surface area contributed by atoms with E-state index in [1.54, 1.807) is 38.5 Å². The standard InChI is InChI=1S/C21H21NO4/c1-14-4-6-15(7-5-14)12-17-9-11-19(26-17)21(23)22-16-8-10-18(24-2)20(13-16)25-3/h4-11,13H,12H2,1-3H3,(H,22,23). The summed E-state index contributed by atoms with van der Waals surface area (Å²) in [6.45, 7) is 2.05. The van der Waals surface area contributed by atoms with Gasteiger partial charge in [0, 0.05) is 18.2 Å².